The van der Waals surface area contributed by atoms with Crippen LogP contribution in [-0.2, 0) is 4.74 Å². The van der Waals surface area contributed by atoms with Crippen molar-refractivity contribution in [3.63, 3.8) is 0 Å². The summed E-state index contributed by atoms with van der Waals surface area (Å²) in [5.74, 6) is -0.442. The lowest BCUT2D eigenvalue weighted by Crippen LogP contribution is -2.09. The monoisotopic (exact) mass is 225 g/mol. The molecule has 0 radical (unpaired) electrons. The fraction of sp³-hybridized carbons (Fsp3) is 0.583. The lowest BCUT2D eigenvalue weighted by Gasteiger charge is -2.13. The summed E-state index contributed by atoms with van der Waals surface area (Å²) in [5, 5.41) is 9.80. The number of hydrogen-bond donors (Lipinski definition) is 1. The van der Waals surface area contributed by atoms with Gasteiger partial charge in [0.05, 0.1) is 12.2 Å². The van der Waals surface area contributed by atoms with E-state index in [0.717, 1.165) is 25.9 Å². The molecule has 16 heavy (non-hydrogen) atoms. The van der Waals surface area contributed by atoms with Crippen LogP contribution < -0.4 is 0 Å². The number of ether oxygens (including phenoxy) is 1. The van der Waals surface area contributed by atoms with Crippen LogP contribution in [0.4, 0.5) is 4.39 Å². The smallest absolute Gasteiger partial charge is 0.147 e. The average Bonchev–Trinajstić information content (AvgIpc) is 2.79. The van der Waals surface area contributed by atoms with Gasteiger partial charge in [0, 0.05) is 12.8 Å². The molecular weight excluding hydrogens is 209 g/mol. The minimum atomic E-state index is -0.828. The molecule has 2 rings (SSSR count). The summed E-state index contributed by atoms with van der Waals surface area (Å²) in [6, 6.07) is 2.84. The Hall–Kier alpha value is -1.00. The third-order valence-electron chi connectivity index (χ3n) is 2.89. The van der Waals surface area contributed by atoms with Gasteiger partial charge in [-0.3, -0.25) is 4.98 Å². The van der Waals surface area contributed by atoms with E-state index in [-0.39, 0.29) is 11.8 Å². The van der Waals surface area contributed by atoms with E-state index >= 15 is 0 Å². The summed E-state index contributed by atoms with van der Waals surface area (Å²) in [7, 11) is 0. The quantitative estimate of drug-likeness (QED) is 0.854. The molecule has 1 aliphatic heterocycles. The van der Waals surface area contributed by atoms with Gasteiger partial charge in [-0.05, 0) is 37.8 Å². The van der Waals surface area contributed by atoms with Crippen molar-refractivity contribution >= 4 is 0 Å². The van der Waals surface area contributed by atoms with Gasteiger partial charge in [0.2, 0.25) is 0 Å². The first-order valence-electron chi connectivity index (χ1n) is 5.67. The Bertz CT molecular complexity index is 340. The summed E-state index contributed by atoms with van der Waals surface area (Å²) >= 11 is 0. The first-order valence-corrected chi connectivity index (χ1v) is 5.67. The van der Waals surface area contributed by atoms with E-state index in [2.05, 4.69) is 4.98 Å². The van der Waals surface area contributed by atoms with Crippen LogP contribution >= 0.6 is 0 Å². The summed E-state index contributed by atoms with van der Waals surface area (Å²) in [6.07, 6.45) is 4.27. The molecule has 1 N–H and O–H groups in total. The van der Waals surface area contributed by atoms with E-state index in [9.17, 15) is 9.50 Å². The zero-order valence-electron chi connectivity index (χ0n) is 9.10. The number of rotatable bonds is 4. The van der Waals surface area contributed by atoms with Gasteiger partial charge in [0.15, 0.2) is 0 Å². The van der Waals surface area contributed by atoms with Crippen molar-refractivity contribution < 1.29 is 14.2 Å². The predicted molar refractivity (Wildman–Crippen MR) is 57.4 cm³/mol. The number of pyridine rings is 1. The van der Waals surface area contributed by atoms with Gasteiger partial charge in [0.1, 0.15) is 11.5 Å². The number of aliphatic hydroxyl groups is 1. The number of aromatic nitrogens is 1. The van der Waals surface area contributed by atoms with Crippen molar-refractivity contribution in [2.24, 2.45) is 0 Å². The Morgan fingerprint density at radius 3 is 3.19 bits per heavy atom. The molecule has 1 aliphatic rings. The molecule has 0 aliphatic carbocycles. The van der Waals surface area contributed by atoms with Gasteiger partial charge in [-0.15, -0.1) is 0 Å². The number of nitrogens with zero attached hydrogens (tertiary/aromatic N) is 1. The molecule has 2 heterocycles. The normalized spacial score (nSPS) is 22.2. The third-order valence-corrected chi connectivity index (χ3v) is 2.89. The van der Waals surface area contributed by atoms with Crippen LogP contribution in [0, 0.1) is 5.82 Å². The largest absolute Gasteiger partial charge is 0.387 e. The molecule has 1 aromatic heterocycles. The highest BCUT2D eigenvalue weighted by atomic mass is 19.1. The topological polar surface area (TPSA) is 42.4 Å². The van der Waals surface area contributed by atoms with E-state index in [0.29, 0.717) is 6.42 Å². The minimum Gasteiger partial charge on any atom is -0.387 e. The first-order chi connectivity index (χ1) is 7.77. The second-order valence-electron chi connectivity index (χ2n) is 4.10. The molecule has 4 heteroatoms. The molecule has 2 atom stereocenters. The summed E-state index contributed by atoms with van der Waals surface area (Å²) in [5.41, 5.74) is 0.139. The molecule has 1 saturated heterocycles. The van der Waals surface area contributed by atoms with E-state index in [1.807, 2.05) is 0 Å². The average molecular weight is 225 g/mol. The first kappa shape index (κ1) is 11.5. The minimum absolute atomic E-state index is 0.139. The molecule has 1 aromatic rings. The Labute approximate surface area is 94.3 Å². The zero-order valence-corrected chi connectivity index (χ0v) is 9.10. The molecule has 0 spiro atoms. The molecular formula is C12H16FNO2. The zero-order chi connectivity index (χ0) is 11.4. The van der Waals surface area contributed by atoms with Crippen molar-refractivity contribution in [3.05, 3.63) is 29.8 Å². The Kier molecular flexibility index (Phi) is 3.85. The predicted octanol–water partition coefficient (Wildman–Crippen LogP) is 2.21. The fourth-order valence-electron chi connectivity index (χ4n) is 2.00. The standard InChI is InChI=1S/C12H16FNO2/c13-10-4-1-7-14-12(10)11(15)6-5-9-3-2-8-16-9/h1,4,7,9,11,15H,2-3,5-6,8H2. The van der Waals surface area contributed by atoms with Crippen LogP contribution in [0.25, 0.3) is 0 Å². The van der Waals surface area contributed by atoms with Gasteiger partial charge >= 0.3 is 0 Å². The lowest BCUT2D eigenvalue weighted by molar-refractivity contribution is 0.0791. The molecule has 0 saturated carbocycles. The fourth-order valence-corrected chi connectivity index (χ4v) is 2.00. The van der Waals surface area contributed by atoms with Crippen LogP contribution in [0.5, 0.6) is 0 Å². The van der Waals surface area contributed by atoms with Crippen molar-refractivity contribution in [1.29, 1.82) is 0 Å². The van der Waals surface area contributed by atoms with Crippen LogP contribution in [0.15, 0.2) is 18.3 Å². The Morgan fingerprint density at radius 2 is 2.50 bits per heavy atom. The third kappa shape index (κ3) is 2.77. The molecule has 0 aromatic carbocycles. The SMILES string of the molecule is OC(CCC1CCCO1)c1ncccc1F. The highest BCUT2D eigenvalue weighted by molar-refractivity contribution is 5.09. The van der Waals surface area contributed by atoms with Crippen LogP contribution in [-0.4, -0.2) is 22.8 Å². The Balaban J connectivity index is 1.87. The van der Waals surface area contributed by atoms with Gasteiger partial charge in [0.25, 0.3) is 0 Å². The molecule has 2 unspecified atom stereocenters. The van der Waals surface area contributed by atoms with Crippen LogP contribution in [0.1, 0.15) is 37.5 Å². The lowest BCUT2D eigenvalue weighted by atomic mass is 10.1. The molecule has 3 nitrogen and oxygen atoms in total. The number of hydrogen-bond acceptors (Lipinski definition) is 3. The Morgan fingerprint density at radius 1 is 1.62 bits per heavy atom. The van der Waals surface area contributed by atoms with E-state index in [4.69, 9.17) is 4.74 Å². The van der Waals surface area contributed by atoms with Crippen LogP contribution in [0.3, 0.4) is 0 Å². The van der Waals surface area contributed by atoms with Crippen LogP contribution in [0.2, 0.25) is 0 Å². The molecule has 0 bridgehead atoms. The second kappa shape index (κ2) is 5.37. The van der Waals surface area contributed by atoms with E-state index < -0.39 is 11.9 Å². The maximum atomic E-state index is 13.3. The number of aliphatic hydroxyl groups excluding tert-OH is 1. The maximum Gasteiger partial charge on any atom is 0.147 e. The van der Waals surface area contributed by atoms with Gasteiger partial charge in [-0.2, -0.15) is 0 Å². The highest BCUT2D eigenvalue weighted by Crippen LogP contribution is 2.23. The maximum absolute atomic E-state index is 13.3. The highest BCUT2D eigenvalue weighted by Gasteiger charge is 2.19. The van der Waals surface area contributed by atoms with Crippen molar-refractivity contribution in [3.8, 4) is 0 Å². The second-order valence-corrected chi connectivity index (χ2v) is 4.10. The van der Waals surface area contributed by atoms with Crippen molar-refractivity contribution in [1.82, 2.24) is 4.98 Å². The van der Waals surface area contributed by atoms with Crippen molar-refractivity contribution in [2.75, 3.05) is 6.61 Å². The van der Waals surface area contributed by atoms with E-state index in [1.165, 1.54) is 18.3 Å². The van der Waals surface area contributed by atoms with E-state index in [1.54, 1.807) is 0 Å². The van der Waals surface area contributed by atoms with Gasteiger partial charge in [-0.25, -0.2) is 4.39 Å². The van der Waals surface area contributed by atoms with Crippen molar-refractivity contribution in [2.45, 2.75) is 37.9 Å². The molecule has 0 amide bonds. The number of halogens is 1. The summed E-state index contributed by atoms with van der Waals surface area (Å²) in [4.78, 5) is 3.86. The van der Waals surface area contributed by atoms with Gasteiger partial charge in [-0.1, -0.05) is 0 Å². The van der Waals surface area contributed by atoms with Gasteiger partial charge < -0.3 is 9.84 Å². The molecule has 1 fully saturated rings. The summed E-state index contributed by atoms with van der Waals surface area (Å²) < 4.78 is 18.7. The summed E-state index contributed by atoms with van der Waals surface area (Å²) in [6.45, 7) is 0.804. The molecule has 88 valence electrons.